The second-order valence-corrected chi connectivity index (χ2v) is 7.96. The second-order valence-electron chi connectivity index (χ2n) is 7.96. The van der Waals surface area contributed by atoms with Crippen molar-refractivity contribution in [3.05, 3.63) is 35.1 Å². The van der Waals surface area contributed by atoms with E-state index in [1.54, 1.807) is 19.2 Å². The van der Waals surface area contributed by atoms with Crippen LogP contribution in [0, 0.1) is 11.7 Å². The van der Waals surface area contributed by atoms with Gasteiger partial charge in [-0.15, -0.1) is 0 Å². The van der Waals surface area contributed by atoms with Crippen molar-refractivity contribution in [3.8, 4) is 0 Å². The van der Waals surface area contributed by atoms with Crippen molar-refractivity contribution in [3.63, 3.8) is 0 Å². The lowest BCUT2D eigenvalue weighted by atomic mass is 9.82. The smallest absolute Gasteiger partial charge is 0.126 e. The summed E-state index contributed by atoms with van der Waals surface area (Å²) in [6.07, 6.45) is -0.691. The first-order valence-corrected chi connectivity index (χ1v) is 9.94. The molecule has 0 bridgehead atoms. The first-order valence-electron chi connectivity index (χ1n) is 9.94. The van der Waals surface area contributed by atoms with Crippen molar-refractivity contribution in [2.45, 2.75) is 68.7 Å². The Balaban J connectivity index is 1.74. The Morgan fingerprint density at radius 1 is 1.04 bits per heavy atom. The van der Waals surface area contributed by atoms with E-state index in [2.05, 4.69) is 0 Å². The first kappa shape index (κ1) is 21.6. The van der Waals surface area contributed by atoms with Gasteiger partial charge in [-0.2, -0.15) is 0 Å². The number of ether oxygens (including phenoxy) is 3. The van der Waals surface area contributed by atoms with Gasteiger partial charge in [-0.1, -0.05) is 12.1 Å². The highest BCUT2D eigenvalue weighted by molar-refractivity contribution is 5.29. The Kier molecular flexibility index (Phi) is 7.42. The lowest BCUT2D eigenvalue weighted by Gasteiger charge is -2.40. The number of hydrogen-bond acceptors (Lipinski definition) is 6. The molecule has 0 radical (unpaired) electrons. The van der Waals surface area contributed by atoms with Crippen LogP contribution in [0.3, 0.4) is 0 Å². The monoisotopic (exact) mass is 398 g/mol. The maximum absolute atomic E-state index is 14.4. The lowest BCUT2D eigenvalue weighted by Crippen LogP contribution is -2.55. The molecule has 2 aliphatic rings. The molecule has 0 unspecified atom stereocenters. The molecule has 0 amide bonds. The van der Waals surface area contributed by atoms with Crippen LogP contribution in [0.4, 0.5) is 4.39 Å². The third kappa shape index (κ3) is 4.72. The standard InChI is InChI=1S/C21H31FO6/c1-26-11-17-18(23)19(24)20(25)21(28-17)13-5-8-16(22)14(10-13)9-12-3-6-15(27-2)7-4-12/h5,8,10,12,15,17-21,23-25H,3-4,6-7,9,11H2,1-2H3/t12?,15?,17-,18-,19+,20-,21+/m1/s1. The van der Waals surface area contributed by atoms with Gasteiger partial charge in [0.2, 0.25) is 0 Å². The Bertz CT molecular complexity index is 633. The summed E-state index contributed by atoms with van der Waals surface area (Å²) >= 11 is 0. The van der Waals surface area contributed by atoms with Gasteiger partial charge in [0.1, 0.15) is 36.3 Å². The van der Waals surface area contributed by atoms with Gasteiger partial charge in [0.25, 0.3) is 0 Å². The van der Waals surface area contributed by atoms with Crippen molar-refractivity contribution >= 4 is 0 Å². The molecule has 1 aromatic rings. The quantitative estimate of drug-likeness (QED) is 0.677. The van der Waals surface area contributed by atoms with Crippen LogP contribution < -0.4 is 0 Å². The van der Waals surface area contributed by atoms with Gasteiger partial charge >= 0.3 is 0 Å². The molecule has 7 heteroatoms. The van der Waals surface area contributed by atoms with Gasteiger partial charge in [-0.3, -0.25) is 0 Å². The molecule has 3 N–H and O–H groups in total. The minimum absolute atomic E-state index is 0.0816. The topological polar surface area (TPSA) is 88.4 Å². The highest BCUT2D eigenvalue weighted by Gasteiger charge is 2.44. The largest absolute Gasteiger partial charge is 0.388 e. The molecule has 6 nitrogen and oxygen atoms in total. The molecule has 0 aromatic heterocycles. The minimum atomic E-state index is -1.36. The van der Waals surface area contributed by atoms with Crippen LogP contribution in [0.25, 0.3) is 0 Å². The summed E-state index contributed by atoms with van der Waals surface area (Å²) in [6, 6.07) is 4.65. The van der Waals surface area contributed by atoms with E-state index >= 15 is 0 Å². The van der Waals surface area contributed by atoms with E-state index in [0.717, 1.165) is 25.7 Å². The number of benzene rings is 1. The number of hydrogen-bond donors (Lipinski definition) is 3. The first-order chi connectivity index (χ1) is 13.4. The van der Waals surface area contributed by atoms with Crippen molar-refractivity contribution in [2.75, 3.05) is 20.8 Å². The number of aliphatic hydroxyl groups excluding tert-OH is 3. The molecular formula is C21H31FO6. The number of halogens is 1. The van der Waals surface area contributed by atoms with Gasteiger partial charge in [0.05, 0.1) is 12.7 Å². The lowest BCUT2D eigenvalue weighted by molar-refractivity contribution is -0.233. The summed E-state index contributed by atoms with van der Waals surface area (Å²) in [7, 11) is 3.20. The van der Waals surface area contributed by atoms with Gasteiger partial charge in [0.15, 0.2) is 0 Å². The third-order valence-corrected chi connectivity index (χ3v) is 6.08. The fourth-order valence-electron chi connectivity index (χ4n) is 4.34. The zero-order valence-corrected chi connectivity index (χ0v) is 16.5. The molecule has 1 heterocycles. The highest BCUT2D eigenvalue weighted by atomic mass is 19.1. The maximum atomic E-state index is 14.4. The molecule has 1 saturated carbocycles. The number of aliphatic hydroxyl groups is 3. The molecular weight excluding hydrogens is 367 g/mol. The maximum Gasteiger partial charge on any atom is 0.126 e. The molecule has 3 rings (SSSR count). The molecule has 2 fully saturated rings. The van der Waals surface area contributed by atoms with Crippen LogP contribution in [0.1, 0.15) is 42.9 Å². The molecule has 5 atom stereocenters. The summed E-state index contributed by atoms with van der Waals surface area (Å²) in [5.41, 5.74) is 1.17. The van der Waals surface area contributed by atoms with Crippen LogP contribution in [-0.4, -0.2) is 66.7 Å². The van der Waals surface area contributed by atoms with E-state index < -0.39 is 30.5 Å². The highest BCUT2D eigenvalue weighted by Crippen LogP contribution is 2.35. The normalized spacial score (nSPS) is 36.4. The van der Waals surface area contributed by atoms with Gasteiger partial charge in [0, 0.05) is 14.2 Å². The van der Waals surface area contributed by atoms with E-state index in [-0.39, 0.29) is 12.4 Å². The zero-order valence-electron chi connectivity index (χ0n) is 16.5. The van der Waals surface area contributed by atoms with E-state index in [9.17, 15) is 19.7 Å². The van der Waals surface area contributed by atoms with Crippen LogP contribution in [0.2, 0.25) is 0 Å². The van der Waals surface area contributed by atoms with Gasteiger partial charge in [-0.05, 0) is 55.2 Å². The summed E-state index contributed by atoms with van der Waals surface area (Å²) < 4.78 is 30.7. The Morgan fingerprint density at radius 2 is 1.75 bits per heavy atom. The average molecular weight is 398 g/mol. The Hall–Kier alpha value is -1.09. The summed E-state index contributed by atoms with van der Waals surface area (Å²) in [4.78, 5) is 0. The van der Waals surface area contributed by atoms with Gasteiger partial charge in [-0.25, -0.2) is 4.39 Å². The molecule has 1 aliphatic carbocycles. The van der Waals surface area contributed by atoms with E-state index in [1.165, 1.54) is 13.2 Å². The van der Waals surface area contributed by atoms with Crippen molar-refractivity contribution in [2.24, 2.45) is 5.92 Å². The van der Waals surface area contributed by atoms with Gasteiger partial charge < -0.3 is 29.5 Å². The van der Waals surface area contributed by atoms with Crippen molar-refractivity contribution in [1.82, 2.24) is 0 Å². The zero-order chi connectivity index (χ0) is 20.3. The van der Waals surface area contributed by atoms with Crippen LogP contribution in [0.15, 0.2) is 18.2 Å². The Morgan fingerprint density at radius 3 is 2.39 bits per heavy atom. The van der Waals surface area contributed by atoms with E-state index in [0.29, 0.717) is 29.6 Å². The van der Waals surface area contributed by atoms with Crippen molar-refractivity contribution < 1.29 is 33.9 Å². The summed E-state index contributed by atoms with van der Waals surface area (Å²) in [5.74, 6) is 0.110. The SMILES string of the molecule is COC[C@H]1O[C@@H](c2ccc(F)c(CC3CCC(OC)CC3)c2)[C@H](O)[C@@H](O)[C@@H]1O. The number of methoxy groups -OCH3 is 2. The molecule has 1 aliphatic heterocycles. The van der Waals surface area contributed by atoms with Crippen LogP contribution in [-0.2, 0) is 20.6 Å². The van der Waals surface area contributed by atoms with Crippen molar-refractivity contribution in [1.29, 1.82) is 0 Å². The minimum Gasteiger partial charge on any atom is -0.388 e. The predicted molar refractivity (Wildman–Crippen MR) is 100 cm³/mol. The fourth-order valence-corrected chi connectivity index (χ4v) is 4.34. The molecule has 158 valence electrons. The number of rotatable bonds is 6. The second kappa shape index (κ2) is 9.61. The molecule has 0 spiro atoms. The van der Waals surface area contributed by atoms with Crippen LogP contribution in [0.5, 0.6) is 0 Å². The summed E-state index contributed by atoms with van der Waals surface area (Å²) in [5, 5.41) is 30.7. The molecule has 1 aromatic carbocycles. The summed E-state index contributed by atoms with van der Waals surface area (Å²) in [6.45, 7) is 0.0816. The molecule has 1 saturated heterocycles. The Labute approximate surface area is 165 Å². The van der Waals surface area contributed by atoms with E-state index in [4.69, 9.17) is 14.2 Å². The van der Waals surface area contributed by atoms with Crippen LogP contribution >= 0.6 is 0 Å². The third-order valence-electron chi connectivity index (χ3n) is 6.08. The predicted octanol–water partition coefficient (Wildman–Crippen LogP) is 1.74. The molecule has 28 heavy (non-hydrogen) atoms. The average Bonchev–Trinajstić information content (AvgIpc) is 2.71. The van der Waals surface area contributed by atoms with E-state index in [1.807, 2.05) is 0 Å². The fraction of sp³-hybridized carbons (Fsp3) is 0.714.